The van der Waals surface area contributed by atoms with Crippen molar-refractivity contribution < 1.29 is 4.79 Å². The average molecular weight is 467 g/mol. The van der Waals surface area contributed by atoms with Crippen LogP contribution in [0.1, 0.15) is 66.6 Å². The molecule has 1 aliphatic carbocycles. The van der Waals surface area contributed by atoms with E-state index >= 15 is 0 Å². The van der Waals surface area contributed by atoms with Gasteiger partial charge in [0.05, 0.1) is 6.04 Å². The number of carbonyl (C=O) groups excluding carboxylic acids is 1. The van der Waals surface area contributed by atoms with Crippen molar-refractivity contribution >= 4 is 17.4 Å². The van der Waals surface area contributed by atoms with Crippen LogP contribution < -0.4 is 10.6 Å². The molecule has 0 spiro atoms. The summed E-state index contributed by atoms with van der Waals surface area (Å²) in [6, 6.07) is 12.3. The first-order valence-corrected chi connectivity index (χ1v) is 13.6. The number of hydrogen-bond acceptors (Lipinski definition) is 4. The maximum absolute atomic E-state index is 12.7. The van der Waals surface area contributed by atoms with Crippen LogP contribution in [0.4, 0.5) is 4.79 Å². The van der Waals surface area contributed by atoms with Gasteiger partial charge in [-0.1, -0.05) is 38.1 Å². The number of amides is 2. The van der Waals surface area contributed by atoms with Crippen LogP contribution in [0.2, 0.25) is 0 Å². The van der Waals surface area contributed by atoms with E-state index in [0.717, 1.165) is 38.6 Å². The van der Waals surface area contributed by atoms with E-state index in [0.29, 0.717) is 18.4 Å². The first-order valence-electron chi connectivity index (χ1n) is 12.7. The highest BCUT2D eigenvalue weighted by Crippen LogP contribution is 2.32. The van der Waals surface area contributed by atoms with Crippen molar-refractivity contribution in [2.45, 2.75) is 64.1 Å². The van der Waals surface area contributed by atoms with E-state index < -0.39 is 0 Å². The lowest BCUT2D eigenvalue weighted by Crippen LogP contribution is -2.44. The number of likely N-dealkylation sites (tertiary alicyclic amines) is 1. The van der Waals surface area contributed by atoms with Crippen molar-refractivity contribution in [1.29, 1.82) is 0 Å². The molecule has 0 radical (unpaired) electrons. The summed E-state index contributed by atoms with van der Waals surface area (Å²) in [5.74, 6) is 1.12. The molecule has 3 aliphatic rings. The Morgan fingerprint density at radius 1 is 1.06 bits per heavy atom. The van der Waals surface area contributed by atoms with Gasteiger partial charge in [-0.3, -0.25) is 4.90 Å². The maximum Gasteiger partial charge on any atom is 0.314 e. The Kier molecular flexibility index (Phi) is 7.05. The molecule has 33 heavy (non-hydrogen) atoms. The summed E-state index contributed by atoms with van der Waals surface area (Å²) in [6.45, 7) is 10.2. The molecule has 1 aromatic carbocycles. The zero-order valence-electron chi connectivity index (χ0n) is 20.1. The van der Waals surface area contributed by atoms with Gasteiger partial charge in [-0.25, -0.2) is 4.79 Å². The zero-order chi connectivity index (χ0) is 22.8. The molecule has 2 unspecified atom stereocenters. The fourth-order valence-electron chi connectivity index (χ4n) is 5.39. The van der Waals surface area contributed by atoms with Gasteiger partial charge in [-0.2, -0.15) is 0 Å². The van der Waals surface area contributed by atoms with Crippen molar-refractivity contribution in [1.82, 2.24) is 20.4 Å². The number of carbonyl (C=O) groups is 1. The molecule has 5 rings (SSSR count). The molecule has 3 heterocycles. The standard InChI is InChI=1S/C27H38N4OS/c1-19(2)21-3-5-22(6-4-21)25(31-13-10-26-23(18-31)11-14-33-26)16-29-27(32)28-15-20-9-12-30(17-20)24-7-8-24/h3-6,11,14,19-20,24-25H,7-10,12-13,15-18H2,1-2H3,(H2,28,29,32). The van der Waals surface area contributed by atoms with Crippen LogP contribution in [-0.2, 0) is 13.0 Å². The second-order valence-corrected chi connectivity index (χ2v) is 11.4. The van der Waals surface area contributed by atoms with Gasteiger partial charge in [0.15, 0.2) is 0 Å². The van der Waals surface area contributed by atoms with Crippen molar-refractivity contribution in [3.05, 3.63) is 57.3 Å². The molecule has 2 N–H and O–H groups in total. The molecular weight excluding hydrogens is 428 g/mol. The summed E-state index contributed by atoms with van der Waals surface area (Å²) in [4.78, 5) is 19.3. The molecule has 1 saturated carbocycles. The van der Waals surface area contributed by atoms with Gasteiger partial charge >= 0.3 is 6.03 Å². The number of benzene rings is 1. The Hall–Kier alpha value is -1.89. The summed E-state index contributed by atoms with van der Waals surface area (Å²) in [7, 11) is 0. The van der Waals surface area contributed by atoms with E-state index in [1.54, 1.807) is 0 Å². The molecule has 5 nitrogen and oxygen atoms in total. The van der Waals surface area contributed by atoms with E-state index in [-0.39, 0.29) is 12.1 Å². The molecule has 2 aliphatic heterocycles. The topological polar surface area (TPSA) is 47.6 Å². The van der Waals surface area contributed by atoms with E-state index in [9.17, 15) is 4.79 Å². The van der Waals surface area contributed by atoms with Crippen LogP contribution in [0, 0.1) is 5.92 Å². The average Bonchev–Trinajstić information content (AvgIpc) is 3.38. The van der Waals surface area contributed by atoms with Crippen LogP contribution in [0.5, 0.6) is 0 Å². The highest BCUT2D eigenvalue weighted by atomic mass is 32.1. The predicted octanol–water partition coefficient (Wildman–Crippen LogP) is 4.75. The van der Waals surface area contributed by atoms with Gasteiger partial charge in [0.25, 0.3) is 0 Å². The normalized spacial score (nSPS) is 22.3. The minimum atomic E-state index is -0.0306. The van der Waals surface area contributed by atoms with E-state index in [4.69, 9.17) is 0 Å². The summed E-state index contributed by atoms with van der Waals surface area (Å²) in [5.41, 5.74) is 4.09. The molecule has 2 fully saturated rings. The number of rotatable bonds is 8. The van der Waals surface area contributed by atoms with Gasteiger partial charge in [0.2, 0.25) is 0 Å². The Balaban J connectivity index is 1.19. The quantitative estimate of drug-likeness (QED) is 0.590. The number of urea groups is 1. The SMILES string of the molecule is CC(C)c1ccc(C(CNC(=O)NCC2CCN(C3CC3)C2)N2CCc3sccc3C2)cc1. The fourth-order valence-corrected chi connectivity index (χ4v) is 6.28. The minimum Gasteiger partial charge on any atom is -0.338 e. The van der Waals surface area contributed by atoms with Gasteiger partial charge in [0, 0.05) is 43.6 Å². The van der Waals surface area contributed by atoms with Crippen molar-refractivity contribution in [3.63, 3.8) is 0 Å². The van der Waals surface area contributed by atoms with E-state index in [1.807, 2.05) is 11.3 Å². The summed E-state index contributed by atoms with van der Waals surface area (Å²) < 4.78 is 0. The second-order valence-electron chi connectivity index (χ2n) is 10.4. The minimum absolute atomic E-state index is 0.0306. The Bertz CT molecular complexity index is 936. The van der Waals surface area contributed by atoms with Crippen LogP contribution in [0.25, 0.3) is 0 Å². The predicted molar refractivity (Wildman–Crippen MR) is 136 cm³/mol. The Morgan fingerprint density at radius 2 is 1.85 bits per heavy atom. The lowest BCUT2D eigenvalue weighted by atomic mass is 9.97. The lowest BCUT2D eigenvalue weighted by molar-refractivity contribution is 0.175. The summed E-state index contributed by atoms with van der Waals surface area (Å²) in [5, 5.41) is 8.57. The van der Waals surface area contributed by atoms with Gasteiger partial charge < -0.3 is 15.5 Å². The maximum atomic E-state index is 12.7. The number of fused-ring (bicyclic) bond motifs is 1. The monoisotopic (exact) mass is 466 g/mol. The molecule has 2 amide bonds. The van der Waals surface area contributed by atoms with Gasteiger partial charge in [-0.15, -0.1) is 11.3 Å². The smallest absolute Gasteiger partial charge is 0.314 e. The molecule has 0 bridgehead atoms. The summed E-state index contributed by atoms with van der Waals surface area (Å²) >= 11 is 1.87. The third-order valence-corrected chi connectivity index (χ3v) is 8.68. The van der Waals surface area contributed by atoms with Crippen LogP contribution in [0.15, 0.2) is 35.7 Å². The number of nitrogens with one attached hydrogen (secondary N) is 2. The van der Waals surface area contributed by atoms with Gasteiger partial charge in [-0.05, 0) is 72.2 Å². The first-order chi connectivity index (χ1) is 16.1. The van der Waals surface area contributed by atoms with Crippen molar-refractivity contribution in [2.24, 2.45) is 5.92 Å². The molecule has 1 aromatic heterocycles. The third-order valence-electron chi connectivity index (χ3n) is 7.65. The van der Waals surface area contributed by atoms with Crippen LogP contribution in [0.3, 0.4) is 0 Å². The first kappa shape index (κ1) is 22.9. The highest BCUT2D eigenvalue weighted by molar-refractivity contribution is 7.10. The molecule has 2 aromatic rings. The fraction of sp³-hybridized carbons (Fsp3) is 0.593. The molecule has 2 atom stereocenters. The molecule has 6 heteroatoms. The molecule has 178 valence electrons. The Morgan fingerprint density at radius 3 is 2.61 bits per heavy atom. The second kappa shape index (κ2) is 10.2. The molecule has 1 saturated heterocycles. The zero-order valence-corrected chi connectivity index (χ0v) is 20.9. The van der Waals surface area contributed by atoms with Crippen LogP contribution >= 0.6 is 11.3 Å². The number of hydrogen-bond donors (Lipinski definition) is 2. The van der Waals surface area contributed by atoms with Crippen LogP contribution in [-0.4, -0.2) is 54.6 Å². The largest absolute Gasteiger partial charge is 0.338 e. The van der Waals surface area contributed by atoms with Crippen molar-refractivity contribution in [2.75, 3.05) is 32.7 Å². The Labute approximate surface area is 202 Å². The van der Waals surface area contributed by atoms with E-state index in [1.165, 1.54) is 47.4 Å². The third kappa shape index (κ3) is 5.61. The molecular formula is C27H38N4OS. The van der Waals surface area contributed by atoms with Crippen molar-refractivity contribution in [3.8, 4) is 0 Å². The summed E-state index contributed by atoms with van der Waals surface area (Å²) in [6.07, 6.45) is 5.03. The lowest BCUT2D eigenvalue weighted by Gasteiger charge is -2.35. The number of nitrogens with zero attached hydrogens (tertiary/aromatic N) is 2. The van der Waals surface area contributed by atoms with E-state index in [2.05, 4.69) is 70.0 Å². The number of thiophene rings is 1. The van der Waals surface area contributed by atoms with Gasteiger partial charge in [0.1, 0.15) is 0 Å². The highest BCUT2D eigenvalue weighted by Gasteiger charge is 2.34.